The lowest BCUT2D eigenvalue weighted by Gasteiger charge is -2.37. The lowest BCUT2D eigenvalue weighted by molar-refractivity contribution is -0.121. The minimum Gasteiger partial charge on any atom is -0.354 e. The van der Waals surface area contributed by atoms with Crippen LogP contribution in [0.2, 0.25) is 0 Å². The number of hydrogen-bond donors (Lipinski definition) is 2. The maximum absolute atomic E-state index is 11.7. The molecule has 0 aromatic heterocycles. The van der Waals surface area contributed by atoms with Crippen LogP contribution in [0.3, 0.4) is 0 Å². The lowest BCUT2D eigenvalue weighted by Crippen LogP contribution is -2.35. The summed E-state index contributed by atoms with van der Waals surface area (Å²) in [6, 6.07) is 0.296. The predicted octanol–water partition coefficient (Wildman–Crippen LogP) is 3.73. The van der Waals surface area contributed by atoms with E-state index in [-0.39, 0.29) is 5.91 Å². The van der Waals surface area contributed by atoms with Gasteiger partial charge in [0.1, 0.15) is 0 Å². The zero-order valence-electron chi connectivity index (χ0n) is 14.8. The summed E-state index contributed by atoms with van der Waals surface area (Å²) < 4.78 is 0. The van der Waals surface area contributed by atoms with Crippen molar-refractivity contribution in [3.05, 3.63) is 0 Å². The Morgan fingerprint density at radius 2 is 1.81 bits per heavy atom. The first-order chi connectivity index (χ1) is 9.82. The van der Waals surface area contributed by atoms with E-state index in [1.807, 2.05) is 0 Å². The van der Waals surface area contributed by atoms with E-state index in [2.05, 4.69) is 45.3 Å². The summed E-state index contributed by atoms with van der Waals surface area (Å²) in [6.45, 7) is 13.1. The van der Waals surface area contributed by atoms with E-state index in [1.54, 1.807) is 0 Å². The Bertz CT molecular complexity index is 301. The second-order valence-corrected chi connectivity index (χ2v) is 7.91. The summed E-state index contributed by atoms with van der Waals surface area (Å²) in [5.74, 6) is 1.87. The molecular formula is C18H36N2O. The van der Waals surface area contributed by atoms with E-state index in [1.165, 1.54) is 25.7 Å². The fourth-order valence-corrected chi connectivity index (χ4v) is 3.19. The van der Waals surface area contributed by atoms with E-state index >= 15 is 0 Å². The highest BCUT2D eigenvalue weighted by atomic mass is 16.1. The van der Waals surface area contributed by atoms with E-state index in [0.717, 1.165) is 31.3 Å². The van der Waals surface area contributed by atoms with E-state index in [0.29, 0.717) is 17.9 Å². The van der Waals surface area contributed by atoms with Crippen LogP contribution in [0.25, 0.3) is 0 Å². The topological polar surface area (TPSA) is 41.1 Å². The average Bonchev–Trinajstić information content (AvgIpc) is 2.43. The average molecular weight is 296 g/mol. The van der Waals surface area contributed by atoms with Crippen LogP contribution < -0.4 is 10.6 Å². The van der Waals surface area contributed by atoms with Gasteiger partial charge in [0, 0.05) is 19.0 Å². The number of amides is 1. The van der Waals surface area contributed by atoms with Crippen LogP contribution in [-0.2, 0) is 4.79 Å². The molecule has 0 aliphatic heterocycles. The molecule has 0 radical (unpaired) electrons. The Balaban J connectivity index is 2.08. The third kappa shape index (κ3) is 7.30. The zero-order chi connectivity index (χ0) is 15.9. The van der Waals surface area contributed by atoms with Gasteiger partial charge in [-0.25, -0.2) is 0 Å². The van der Waals surface area contributed by atoms with Gasteiger partial charge >= 0.3 is 0 Å². The first-order valence-corrected chi connectivity index (χ1v) is 8.83. The molecule has 21 heavy (non-hydrogen) atoms. The van der Waals surface area contributed by atoms with Crippen LogP contribution in [0.5, 0.6) is 0 Å². The highest BCUT2D eigenvalue weighted by Crippen LogP contribution is 2.39. The van der Waals surface area contributed by atoms with Crippen molar-refractivity contribution in [3.8, 4) is 0 Å². The summed E-state index contributed by atoms with van der Waals surface area (Å²) in [7, 11) is 0. The van der Waals surface area contributed by atoms with Gasteiger partial charge in [-0.1, -0.05) is 27.7 Å². The fraction of sp³-hybridized carbons (Fsp3) is 0.944. The van der Waals surface area contributed by atoms with Gasteiger partial charge < -0.3 is 10.6 Å². The maximum Gasteiger partial charge on any atom is 0.221 e. The fourth-order valence-electron chi connectivity index (χ4n) is 3.19. The van der Waals surface area contributed by atoms with Crippen LogP contribution >= 0.6 is 0 Å². The molecule has 0 saturated heterocycles. The van der Waals surface area contributed by atoms with Crippen LogP contribution in [-0.4, -0.2) is 25.0 Å². The maximum atomic E-state index is 11.7. The smallest absolute Gasteiger partial charge is 0.221 e. The summed E-state index contributed by atoms with van der Waals surface area (Å²) in [5, 5.41) is 6.48. The van der Waals surface area contributed by atoms with E-state index < -0.39 is 0 Å². The molecule has 1 aliphatic rings. The van der Waals surface area contributed by atoms with Crippen molar-refractivity contribution in [2.75, 3.05) is 13.1 Å². The van der Waals surface area contributed by atoms with E-state index in [4.69, 9.17) is 0 Å². The molecule has 2 N–H and O–H groups in total. The van der Waals surface area contributed by atoms with Gasteiger partial charge in [-0.05, 0) is 62.8 Å². The van der Waals surface area contributed by atoms with Crippen molar-refractivity contribution in [1.29, 1.82) is 0 Å². The van der Waals surface area contributed by atoms with Crippen LogP contribution in [0, 0.1) is 17.3 Å². The molecule has 1 saturated carbocycles. The molecular weight excluding hydrogens is 260 g/mol. The van der Waals surface area contributed by atoms with Gasteiger partial charge in [-0.15, -0.1) is 0 Å². The summed E-state index contributed by atoms with van der Waals surface area (Å²) >= 11 is 0. The molecule has 3 nitrogen and oxygen atoms in total. The lowest BCUT2D eigenvalue weighted by atomic mass is 9.70. The standard InChI is InChI=1S/C18H36N2O/c1-6-14(2)20-17(21)11-12-19-13-15-7-9-16(10-8-15)18(3,4)5/h14-16,19H,6-13H2,1-5H3,(H,20,21). The third-order valence-corrected chi connectivity index (χ3v) is 5.05. The SMILES string of the molecule is CCC(C)NC(=O)CCNCC1CCC(C(C)(C)C)CC1. The van der Waals surface area contributed by atoms with Crippen molar-refractivity contribution in [2.45, 2.75) is 79.2 Å². The van der Waals surface area contributed by atoms with Crippen LogP contribution in [0.15, 0.2) is 0 Å². The van der Waals surface area contributed by atoms with Gasteiger partial charge in [-0.3, -0.25) is 4.79 Å². The van der Waals surface area contributed by atoms with Gasteiger partial charge in [0.05, 0.1) is 0 Å². The second-order valence-electron chi connectivity index (χ2n) is 7.91. The van der Waals surface area contributed by atoms with Crippen molar-refractivity contribution >= 4 is 5.91 Å². The van der Waals surface area contributed by atoms with Crippen molar-refractivity contribution < 1.29 is 4.79 Å². The Hall–Kier alpha value is -0.570. The molecule has 1 rings (SSSR count). The first-order valence-electron chi connectivity index (χ1n) is 8.83. The Morgan fingerprint density at radius 1 is 1.19 bits per heavy atom. The van der Waals surface area contributed by atoms with Crippen molar-refractivity contribution in [1.82, 2.24) is 10.6 Å². The van der Waals surface area contributed by atoms with Gasteiger partial charge in [0.15, 0.2) is 0 Å². The zero-order valence-corrected chi connectivity index (χ0v) is 14.8. The Morgan fingerprint density at radius 3 is 2.33 bits per heavy atom. The second kappa shape index (κ2) is 8.77. The molecule has 1 unspecified atom stereocenters. The highest BCUT2D eigenvalue weighted by molar-refractivity contribution is 5.76. The molecule has 0 aromatic rings. The van der Waals surface area contributed by atoms with Gasteiger partial charge in [0.2, 0.25) is 5.91 Å². The van der Waals surface area contributed by atoms with E-state index in [9.17, 15) is 4.79 Å². The minimum absolute atomic E-state index is 0.174. The normalized spacial score (nSPS) is 24.6. The molecule has 0 heterocycles. The summed E-state index contributed by atoms with van der Waals surface area (Å²) in [6.07, 6.45) is 7.01. The molecule has 3 heteroatoms. The Labute approximate surface area is 131 Å². The Kier molecular flexibility index (Phi) is 7.72. The van der Waals surface area contributed by atoms with Crippen molar-refractivity contribution in [3.63, 3.8) is 0 Å². The molecule has 1 fully saturated rings. The van der Waals surface area contributed by atoms with Gasteiger partial charge in [-0.2, -0.15) is 0 Å². The number of nitrogens with one attached hydrogen (secondary N) is 2. The molecule has 1 atom stereocenters. The van der Waals surface area contributed by atoms with Crippen molar-refractivity contribution in [2.24, 2.45) is 17.3 Å². The molecule has 124 valence electrons. The monoisotopic (exact) mass is 296 g/mol. The third-order valence-electron chi connectivity index (χ3n) is 5.05. The highest BCUT2D eigenvalue weighted by Gasteiger charge is 2.29. The molecule has 0 bridgehead atoms. The molecule has 0 spiro atoms. The quantitative estimate of drug-likeness (QED) is 0.703. The minimum atomic E-state index is 0.174. The van der Waals surface area contributed by atoms with Crippen LogP contribution in [0.4, 0.5) is 0 Å². The van der Waals surface area contributed by atoms with Crippen LogP contribution in [0.1, 0.15) is 73.1 Å². The number of hydrogen-bond acceptors (Lipinski definition) is 2. The number of carbonyl (C=O) groups excluding carboxylic acids is 1. The molecule has 0 aromatic carbocycles. The van der Waals surface area contributed by atoms with Gasteiger partial charge in [0.25, 0.3) is 0 Å². The molecule has 1 aliphatic carbocycles. The predicted molar refractivity (Wildman–Crippen MR) is 90.3 cm³/mol. The largest absolute Gasteiger partial charge is 0.354 e. The first kappa shape index (κ1) is 18.5. The summed E-state index contributed by atoms with van der Waals surface area (Å²) in [5.41, 5.74) is 0.465. The summed E-state index contributed by atoms with van der Waals surface area (Å²) in [4.78, 5) is 11.7. The number of rotatable bonds is 7. The molecule has 1 amide bonds. The number of carbonyl (C=O) groups is 1.